The third kappa shape index (κ3) is 2.89. The van der Waals surface area contributed by atoms with Gasteiger partial charge in [-0.05, 0) is 24.5 Å². The molecule has 1 aliphatic heterocycles. The number of aryl methyl sites for hydroxylation is 1. The van der Waals surface area contributed by atoms with E-state index in [9.17, 15) is 23.1 Å². The Morgan fingerprint density at radius 3 is 2.68 bits per heavy atom. The number of hydrogen-bond donors (Lipinski definition) is 1. The van der Waals surface area contributed by atoms with E-state index >= 15 is 0 Å². The number of aliphatic hydroxyl groups excluding tert-OH is 1. The van der Waals surface area contributed by atoms with Gasteiger partial charge in [0, 0.05) is 18.2 Å². The van der Waals surface area contributed by atoms with Gasteiger partial charge in [-0.1, -0.05) is 18.2 Å². The second kappa shape index (κ2) is 5.21. The third-order valence-corrected chi connectivity index (χ3v) is 3.36. The summed E-state index contributed by atoms with van der Waals surface area (Å²) in [5.74, 6) is -2.83. The van der Waals surface area contributed by atoms with E-state index in [0.29, 0.717) is 12.1 Å². The number of halogens is 3. The second-order valence-corrected chi connectivity index (χ2v) is 4.59. The minimum Gasteiger partial charge on any atom is -0.376 e. The molecule has 1 heterocycles. The van der Waals surface area contributed by atoms with Crippen LogP contribution in [0, 0.1) is 5.92 Å². The SMILES string of the molecule is O=C(C1CCc2ccccc2N(CO)C1)C(F)(F)F. The molecule has 0 saturated heterocycles. The molecule has 0 fully saturated rings. The van der Waals surface area contributed by atoms with Gasteiger partial charge in [-0.3, -0.25) is 4.79 Å². The number of Topliss-reactive ketones (excluding diaryl/α,β-unsaturated/α-hetero) is 1. The largest absolute Gasteiger partial charge is 0.450 e. The summed E-state index contributed by atoms with van der Waals surface area (Å²) in [6.45, 7) is -0.509. The Kier molecular flexibility index (Phi) is 3.80. The molecule has 1 N–H and O–H groups in total. The normalized spacial score (nSPS) is 19.8. The van der Waals surface area contributed by atoms with Gasteiger partial charge in [0.15, 0.2) is 0 Å². The molecule has 6 heteroatoms. The van der Waals surface area contributed by atoms with Gasteiger partial charge in [0.25, 0.3) is 0 Å². The Hall–Kier alpha value is -1.56. The van der Waals surface area contributed by atoms with Crippen molar-refractivity contribution in [3.05, 3.63) is 29.8 Å². The molecule has 0 aliphatic carbocycles. The van der Waals surface area contributed by atoms with Gasteiger partial charge in [-0.25, -0.2) is 0 Å². The zero-order valence-electron chi connectivity index (χ0n) is 10.2. The van der Waals surface area contributed by atoms with E-state index in [0.717, 1.165) is 5.56 Å². The molecular weight excluding hydrogens is 259 g/mol. The number of alkyl halides is 3. The average Bonchev–Trinajstić information content (AvgIpc) is 2.56. The first-order chi connectivity index (χ1) is 8.93. The van der Waals surface area contributed by atoms with E-state index < -0.39 is 24.6 Å². The first-order valence-electron chi connectivity index (χ1n) is 5.98. The van der Waals surface area contributed by atoms with Crippen molar-refractivity contribution in [1.82, 2.24) is 0 Å². The summed E-state index contributed by atoms with van der Waals surface area (Å²) in [5.41, 5.74) is 1.55. The fraction of sp³-hybridized carbons (Fsp3) is 0.462. The number of nitrogens with zero attached hydrogens (tertiary/aromatic N) is 1. The Bertz CT molecular complexity index is 473. The minimum absolute atomic E-state index is 0.105. The lowest BCUT2D eigenvalue weighted by atomic mass is 9.96. The Morgan fingerprint density at radius 2 is 2.05 bits per heavy atom. The van der Waals surface area contributed by atoms with E-state index in [1.165, 1.54) is 4.90 Å². The number of para-hydroxylation sites is 1. The maximum Gasteiger partial charge on any atom is 0.450 e. The molecule has 1 aliphatic rings. The highest BCUT2D eigenvalue weighted by Crippen LogP contribution is 2.31. The molecule has 1 aromatic carbocycles. The molecule has 1 atom stereocenters. The lowest BCUT2D eigenvalue weighted by Gasteiger charge is -2.25. The highest BCUT2D eigenvalue weighted by molar-refractivity contribution is 5.87. The fourth-order valence-electron chi connectivity index (χ4n) is 2.40. The monoisotopic (exact) mass is 273 g/mol. The maximum absolute atomic E-state index is 12.5. The highest BCUT2D eigenvalue weighted by Gasteiger charge is 2.44. The number of ketones is 1. The fourth-order valence-corrected chi connectivity index (χ4v) is 2.40. The van der Waals surface area contributed by atoms with Crippen molar-refractivity contribution in [2.75, 3.05) is 18.2 Å². The highest BCUT2D eigenvalue weighted by atomic mass is 19.4. The van der Waals surface area contributed by atoms with E-state index in [1.54, 1.807) is 24.3 Å². The van der Waals surface area contributed by atoms with Crippen LogP contribution in [0.5, 0.6) is 0 Å². The van der Waals surface area contributed by atoms with Crippen molar-refractivity contribution in [2.24, 2.45) is 5.92 Å². The summed E-state index contributed by atoms with van der Waals surface area (Å²) >= 11 is 0. The van der Waals surface area contributed by atoms with Crippen LogP contribution in [0.2, 0.25) is 0 Å². The topological polar surface area (TPSA) is 40.5 Å². The van der Waals surface area contributed by atoms with Gasteiger partial charge >= 0.3 is 6.18 Å². The predicted octanol–water partition coefficient (Wildman–Crippen LogP) is 2.14. The van der Waals surface area contributed by atoms with Crippen molar-refractivity contribution in [3.8, 4) is 0 Å². The quantitative estimate of drug-likeness (QED) is 0.897. The average molecular weight is 273 g/mol. The summed E-state index contributed by atoms with van der Waals surface area (Å²) in [7, 11) is 0. The van der Waals surface area contributed by atoms with Gasteiger partial charge in [0.2, 0.25) is 5.78 Å². The molecule has 1 aromatic rings. The summed E-state index contributed by atoms with van der Waals surface area (Å²) < 4.78 is 37.5. The van der Waals surface area contributed by atoms with Crippen LogP contribution in [0.15, 0.2) is 24.3 Å². The Morgan fingerprint density at radius 1 is 1.37 bits per heavy atom. The van der Waals surface area contributed by atoms with E-state index in [2.05, 4.69) is 0 Å². The second-order valence-electron chi connectivity index (χ2n) is 4.59. The molecule has 0 saturated carbocycles. The number of hydrogen-bond acceptors (Lipinski definition) is 3. The van der Waals surface area contributed by atoms with Crippen molar-refractivity contribution >= 4 is 11.5 Å². The van der Waals surface area contributed by atoms with Crippen LogP contribution in [-0.4, -0.2) is 30.3 Å². The maximum atomic E-state index is 12.5. The predicted molar refractivity (Wildman–Crippen MR) is 63.7 cm³/mol. The van der Waals surface area contributed by atoms with Gasteiger partial charge in [0.05, 0.1) is 0 Å². The molecule has 1 unspecified atom stereocenters. The molecule has 0 amide bonds. The van der Waals surface area contributed by atoms with E-state index in [4.69, 9.17) is 0 Å². The Balaban J connectivity index is 2.26. The standard InChI is InChI=1S/C13H14F3NO2/c14-13(15,16)12(19)10-6-5-9-3-1-2-4-11(9)17(7-10)8-18/h1-4,10,18H,5-8H2. The van der Waals surface area contributed by atoms with Crippen LogP contribution in [0.3, 0.4) is 0 Å². The summed E-state index contributed by atoms with van der Waals surface area (Å²) in [6, 6.07) is 7.10. The molecule has 0 bridgehead atoms. The minimum atomic E-state index is -4.82. The number of rotatable bonds is 2. The van der Waals surface area contributed by atoms with Crippen LogP contribution >= 0.6 is 0 Å². The number of anilines is 1. The van der Waals surface area contributed by atoms with Crippen molar-refractivity contribution in [3.63, 3.8) is 0 Å². The van der Waals surface area contributed by atoms with Crippen molar-refractivity contribution in [1.29, 1.82) is 0 Å². The lowest BCUT2D eigenvalue weighted by Crippen LogP contribution is -2.38. The Labute approximate surface area is 108 Å². The summed E-state index contributed by atoms with van der Waals surface area (Å²) in [6.07, 6.45) is -4.27. The molecule has 2 rings (SSSR count). The number of fused-ring (bicyclic) bond motifs is 1. The molecule has 0 spiro atoms. The first-order valence-corrected chi connectivity index (χ1v) is 5.98. The lowest BCUT2D eigenvalue weighted by molar-refractivity contribution is -0.175. The van der Waals surface area contributed by atoms with Crippen molar-refractivity contribution in [2.45, 2.75) is 19.0 Å². The van der Waals surface area contributed by atoms with Crippen LogP contribution in [0.1, 0.15) is 12.0 Å². The van der Waals surface area contributed by atoms with Crippen molar-refractivity contribution < 1.29 is 23.1 Å². The van der Waals surface area contributed by atoms with Gasteiger partial charge in [-0.2, -0.15) is 13.2 Å². The first kappa shape index (κ1) is 13.9. The smallest absolute Gasteiger partial charge is 0.376 e. The zero-order valence-corrected chi connectivity index (χ0v) is 10.2. The molecule has 3 nitrogen and oxygen atoms in total. The number of benzene rings is 1. The van der Waals surface area contributed by atoms with Crippen LogP contribution in [0.25, 0.3) is 0 Å². The van der Waals surface area contributed by atoms with E-state index in [-0.39, 0.29) is 13.0 Å². The van der Waals surface area contributed by atoms with Gasteiger partial charge in [-0.15, -0.1) is 0 Å². The third-order valence-electron chi connectivity index (χ3n) is 3.36. The molecule has 0 aromatic heterocycles. The van der Waals surface area contributed by atoms with E-state index in [1.807, 2.05) is 0 Å². The molecule has 104 valence electrons. The van der Waals surface area contributed by atoms with Gasteiger partial charge in [0.1, 0.15) is 6.73 Å². The van der Waals surface area contributed by atoms with Crippen LogP contribution in [0.4, 0.5) is 18.9 Å². The molecule has 19 heavy (non-hydrogen) atoms. The summed E-state index contributed by atoms with van der Waals surface area (Å²) in [4.78, 5) is 12.8. The van der Waals surface area contributed by atoms with Crippen LogP contribution < -0.4 is 4.90 Å². The molecule has 0 radical (unpaired) electrons. The van der Waals surface area contributed by atoms with Crippen LogP contribution in [-0.2, 0) is 11.2 Å². The molecular formula is C13H14F3NO2. The number of carbonyl (C=O) groups excluding carboxylic acids is 1. The summed E-state index contributed by atoms with van der Waals surface area (Å²) in [5, 5.41) is 9.30. The number of aliphatic hydroxyl groups is 1. The van der Waals surface area contributed by atoms with Gasteiger partial charge < -0.3 is 10.0 Å². The number of carbonyl (C=O) groups is 1. The zero-order chi connectivity index (χ0) is 14.0.